The van der Waals surface area contributed by atoms with E-state index in [0.29, 0.717) is 0 Å². The topological polar surface area (TPSA) is 58.1 Å². The van der Waals surface area contributed by atoms with Gasteiger partial charge in [0.05, 0.1) is 7.11 Å². The van der Waals surface area contributed by atoms with Crippen LogP contribution < -0.4 is 4.74 Å². The van der Waals surface area contributed by atoms with E-state index in [-0.39, 0.29) is 5.75 Å². The van der Waals surface area contributed by atoms with Crippen LogP contribution in [-0.2, 0) is 0 Å². The highest BCUT2D eigenvalue weighted by Gasteiger charge is 2.12. The highest BCUT2D eigenvalue weighted by Crippen LogP contribution is 2.36. The van der Waals surface area contributed by atoms with Crippen molar-refractivity contribution in [2.75, 3.05) is 7.11 Å². The summed E-state index contributed by atoms with van der Waals surface area (Å²) in [6, 6.07) is 17.2. The van der Waals surface area contributed by atoms with E-state index in [0.717, 1.165) is 39.0 Å². The summed E-state index contributed by atoms with van der Waals surface area (Å²) in [4.78, 5) is 7.72. The minimum Gasteiger partial charge on any atom is -0.508 e. The highest BCUT2D eigenvalue weighted by molar-refractivity contribution is 5.97. The maximum Gasteiger partial charge on any atom is 0.137 e. The molecule has 4 rings (SSSR count). The first-order chi connectivity index (χ1) is 11.8. The molecule has 0 bridgehead atoms. The van der Waals surface area contributed by atoms with Gasteiger partial charge in [-0.15, -0.1) is 0 Å². The largest absolute Gasteiger partial charge is 0.508 e. The van der Waals surface area contributed by atoms with Gasteiger partial charge in [0.2, 0.25) is 0 Å². The summed E-state index contributed by atoms with van der Waals surface area (Å²) in [5, 5.41) is 10.7. The molecule has 0 atom stereocenters. The van der Waals surface area contributed by atoms with E-state index in [1.54, 1.807) is 25.4 Å². The molecule has 4 heteroatoms. The van der Waals surface area contributed by atoms with Crippen LogP contribution in [0.1, 0.15) is 0 Å². The van der Waals surface area contributed by atoms with Crippen LogP contribution in [0.25, 0.3) is 33.3 Å². The zero-order valence-electron chi connectivity index (χ0n) is 13.2. The minimum absolute atomic E-state index is 0.242. The van der Waals surface area contributed by atoms with Gasteiger partial charge in [0.25, 0.3) is 0 Å². The van der Waals surface area contributed by atoms with Gasteiger partial charge in [-0.05, 0) is 29.8 Å². The first kappa shape index (κ1) is 14.3. The van der Waals surface area contributed by atoms with Gasteiger partial charge in [0.15, 0.2) is 0 Å². The van der Waals surface area contributed by atoms with Crippen molar-refractivity contribution in [2.24, 2.45) is 0 Å². The molecule has 0 saturated heterocycles. The van der Waals surface area contributed by atoms with E-state index in [1.807, 2.05) is 42.6 Å². The lowest BCUT2D eigenvalue weighted by Crippen LogP contribution is -1.87. The Labute approximate surface area is 139 Å². The van der Waals surface area contributed by atoms with Crippen molar-refractivity contribution >= 4 is 11.0 Å². The maximum atomic E-state index is 9.71. The Hall–Kier alpha value is -3.27. The Balaban J connectivity index is 1.91. The molecule has 2 aromatic carbocycles. The van der Waals surface area contributed by atoms with Crippen LogP contribution in [0.4, 0.5) is 0 Å². The van der Waals surface area contributed by atoms with Crippen molar-refractivity contribution in [1.29, 1.82) is 0 Å². The molecule has 0 aliphatic rings. The van der Waals surface area contributed by atoms with Crippen LogP contribution in [0.15, 0.2) is 67.0 Å². The van der Waals surface area contributed by atoms with Crippen LogP contribution in [0.3, 0.4) is 0 Å². The highest BCUT2D eigenvalue weighted by atomic mass is 16.5. The zero-order valence-corrected chi connectivity index (χ0v) is 13.2. The first-order valence-electron chi connectivity index (χ1n) is 7.66. The third-order valence-corrected chi connectivity index (χ3v) is 4.11. The molecule has 0 amide bonds. The molecule has 118 valence electrons. The third-order valence-electron chi connectivity index (χ3n) is 4.11. The number of fused-ring (bicyclic) bond motifs is 1. The molecular weight excluding hydrogens is 300 g/mol. The molecule has 0 aliphatic carbocycles. The second-order valence-electron chi connectivity index (χ2n) is 5.57. The van der Waals surface area contributed by atoms with E-state index in [2.05, 4.69) is 16.0 Å². The number of aromatic amines is 1. The van der Waals surface area contributed by atoms with Crippen LogP contribution in [-0.4, -0.2) is 22.2 Å². The van der Waals surface area contributed by atoms with Gasteiger partial charge in [-0.1, -0.05) is 30.3 Å². The zero-order chi connectivity index (χ0) is 16.5. The second-order valence-corrected chi connectivity index (χ2v) is 5.57. The molecule has 24 heavy (non-hydrogen) atoms. The predicted molar refractivity (Wildman–Crippen MR) is 95.2 cm³/mol. The molecule has 0 radical (unpaired) electrons. The summed E-state index contributed by atoms with van der Waals surface area (Å²) in [6.45, 7) is 0. The number of pyridine rings is 1. The molecule has 0 spiro atoms. The van der Waals surface area contributed by atoms with Crippen molar-refractivity contribution in [2.45, 2.75) is 0 Å². The number of hydrogen-bond acceptors (Lipinski definition) is 3. The number of nitrogens with zero attached hydrogens (tertiary/aromatic N) is 1. The van der Waals surface area contributed by atoms with E-state index in [9.17, 15) is 5.11 Å². The van der Waals surface area contributed by atoms with Gasteiger partial charge in [-0.3, -0.25) is 0 Å². The molecule has 2 heterocycles. The molecule has 0 fully saturated rings. The third kappa shape index (κ3) is 2.38. The number of nitrogens with one attached hydrogen (secondary N) is 1. The van der Waals surface area contributed by atoms with Crippen molar-refractivity contribution in [3.63, 3.8) is 0 Å². The number of rotatable bonds is 3. The summed E-state index contributed by atoms with van der Waals surface area (Å²) in [5.74, 6) is 1.06. The number of phenolic OH excluding ortho intramolecular Hbond substituents is 1. The second kappa shape index (κ2) is 5.74. The average Bonchev–Trinajstić information content (AvgIpc) is 3.04. The monoisotopic (exact) mass is 316 g/mol. The number of hydrogen-bond donors (Lipinski definition) is 2. The summed E-state index contributed by atoms with van der Waals surface area (Å²) in [7, 11) is 1.67. The van der Waals surface area contributed by atoms with Crippen molar-refractivity contribution in [3.8, 4) is 33.8 Å². The van der Waals surface area contributed by atoms with Crippen LogP contribution in [0, 0.1) is 0 Å². The number of methoxy groups -OCH3 is 1. The van der Waals surface area contributed by atoms with E-state index in [1.165, 1.54) is 0 Å². The van der Waals surface area contributed by atoms with E-state index >= 15 is 0 Å². The quantitative estimate of drug-likeness (QED) is 0.580. The number of aromatic hydroxyl groups is 1. The van der Waals surface area contributed by atoms with Crippen molar-refractivity contribution in [1.82, 2.24) is 9.97 Å². The van der Waals surface area contributed by atoms with Gasteiger partial charge in [0.1, 0.15) is 17.1 Å². The van der Waals surface area contributed by atoms with Crippen molar-refractivity contribution in [3.05, 3.63) is 67.0 Å². The van der Waals surface area contributed by atoms with Gasteiger partial charge in [-0.25, -0.2) is 4.98 Å². The summed E-state index contributed by atoms with van der Waals surface area (Å²) in [5.41, 5.74) is 4.75. The summed E-state index contributed by atoms with van der Waals surface area (Å²) < 4.78 is 5.48. The Morgan fingerprint density at radius 2 is 1.83 bits per heavy atom. The summed E-state index contributed by atoms with van der Waals surface area (Å²) >= 11 is 0. The number of H-pyrrole nitrogens is 1. The van der Waals surface area contributed by atoms with Crippen LogP contribution in [0.5, 0.6) is 11.5 Å². The Kier molecular flexibility index (Phi) is 3.43. The molecule has 2 aromatic heterocycles. The molecule has 0 unspecified atom stereocenters. The number of ether oxygens (including phenoxy) is 1. The Morgan fingerprint density at radius 3 is 2.67 bits per heavy atom. The molecule has 4 nitrogen and oxygen atoms in total. The fraction of sp³-hybridized carbons (Fsp3) is 0.0500. The number of para-hydroxylation sites is 1. The molecule has 4 aromatic rings. The predicted octanol–water partition coefficient (Wildman–Crippen LogP) is 4.61. The first-order valence-corrected chi connectivity index (χ1v) is 7.66. The van der Waals surface area contributed by atoms with Crippen LogP contribution >= 0.6 is 0 Å². The van der Waals surface area contributed by atoms with E-state index < -0.39 is 0 Å². The van der Waals surface area contributed by atoms with Crippen LogP contribution in [0.2, 0.25) is 0 Å². The molecule has 0 aliphatic heterocycles. The Bertz CT molecular complexity index is 1020. The average molecular weight is 316 g/mol. The fourth-order valence-electron chi connectivity index (χ4n) is 2.94. The van der Waals surface area contributed by atoms with E-state index in [4.69, 9.17) is 4.74 Å². The lowest BCUT2D eigenvalue weighted by molar-refractivity contribution is 0.416. The van der Waals surface area contributed by atoms with Crippen molar-refractivity contribution < 1.29 is 9.84 Å². The van der Waals surface area contributed by atoms with Gasteiger partial charge >= 0.3 is 0 Å². The lowest BCUT2D eigenvalue weighted by atomic mass is 10.0. The normalized spacial score (nSPS) is 10.9. The van der Waals surface area contributed by atoms with Gasteiger partial charge in [0, 0.05) is 34.5 Å². The van der Waals surface area contributed by atoms with Gasteiger partial charge < -0.3 is 14.8 Å². The fourth-order valence-corrected chi connectivity index (χ4v) is 2.94. The molecular formula is C20H16N2O2. The summed E-state index contributed by atoms with van der Waals surface area (Å²) in [6.07, 6.45) is 3.75. The number of aromatic nitrogens is 2. The number of benzene rings is 2. The molecule has 2 N–H and O–H groups in total. The smallest absolute Gasteiger partial charge is 0.137 e. The standard InChI is InChI=1S/C20H16N2O2/c1-24-19-8-3-2-7-16(19)18-12-22-20-17(18)10-14(11-21-20)13-5-4-6-15(23)9-13/h2-12,23H,1H3,(H,21,22). The lowest BCUT2D eigenvalue weighted by Gasteiger charge is -2.08. The minimum atomic E-state index is 0.242. The maximum absolute atomic E-state index is 9.71. The SMILES string of the molecule is COc1ccccc1-c1c[nH]c2ncc(-c3cccc(O)c3)cc12. The number of phenols is 1. The molecule has 0 saturated carbocycles. The van der Waals surface area contributed by atoms with Gasteiger partial charge in [-0.2, -0.15) is 0 Å². The Morgan fingerprint density at radius 1 is 0.958 bits per heavy atom.